The van der Waals surface area contributed by atoms with Crippen molar-refractivity contribution >= 4 is 49.4 Å². The molecule has 5 heteroatoms. The zero-order valence-electron chi connectivity index (χ0n) is 9.13. The average Bonchev–Trinajstić information content (AvgIpc) is 3.09. The fourth-order valence-corrected chi connectivity index (χ4v) is 3.14. The molecule has 0 heterocycles. The summed E-state index contributed by atoms with van der Waals surface area (Å²) in [5.74, 6) is 0.545. The highest BCUT2D eigenvalue weighted by Crippen LogP contribution is 2.30. The summed E-state index contributed by atoms with van der Waals surface area (Å²) in [7, 11) is 0. The first kappa shape index (κ1) is 13.4. The molecule has 1 saturated carbocycles. The number of halogens is 3. The van der Waals surface area contributed by atoms with Crippen LogP contribution in [0, 0.1) is 0 Å². The van der Waals surface area contributed by atoms with Crippen LogP contribution in [0.3, 0.4) is 0 Å². The van der Waals surface area contributed by atoms with Gasteiger partial charge in [-0.05, 0) is 47.0 Å². The maximum Gasteiger partial charge on any atom is 0.255 e. The third kappa shape index (κ3) is 3.24. The molecule has 0 aliphatic heterocycles. The molecule has 2 nitrogen and oxygen atoms in total. The van der Waals surface area contributed by atoms with Gasteiger partial charge in [-0.15, -0.1) is 11.6 Å². The SMILES string of the molecule is O=C(c1ccc(Br)cc1Br)N(CCCl)C1CC1. The molecule has 1 aromatic rings. The van der Waals surface area contributed by atoms with Gasteiger partial charge in [-0.1, -0.05) is 15.9 Å². The van der Waals surface area contributed by atoms with Gasteiger partial charge in [0.2, 0.25) is 0 Å². The lowest BCUT2D eigenvalue weighted by Crippen LogP contribution is -2.34. The molecular formula is C12H12Br2ClNO. The predicted octanol–water partition coefficient (Wildman–Crippen LogP) is 4.06. The van der Waals surface area contributed by atoms with E-state index in [0.29, 0.717) is 24.0 Å². The Morgan fingerprint density at radius 2 is 2.12 bits per heavy atom. The van der Waals surface area contributed by atoms with Gasteiger partial charge in [0.05, 0.1) is 5.56 Å². The minimum absolute atomic E-state index is 0.0625. The summed E-state index contributed by atoms with van der Waals surface area (Å²) in [6.07, 6.45) is 2.19. The smallest absolute Gasteiger partial charge is 0.255 e. The molecule has 0 unspecified atom stereocenters. The molecule has 0 spiro atoms. The Hall–Kier alpha value is -0.0600. The molecule has 17 heavy (non-hydrogen) atoms. The largest absolute Gasteiger partial charge is 0.334 e. The molecule has 2 rings (SSSR count). The molecule has 0 atom stereocenters. The molecule has 0 bridgehead atoms. The monoisotopic (exact) mass is 379 g/mol. The molecule has 0 radical (unpaired) electrons. The van der Waals surface area contributed by atoms with E-state index in [-0.39, 0.29) is 5.91 Å². The van der Waals surface area contributed by atoms with Crippen molar-refractivity contribution in [1.82, 2.24) is 4.90 Å². The Labute approximate surface area is 123 Å². The summed E-state index contributed by atoms with van der Waals surface area (Å²) in [5, 5.41) is 0. The van der Waals surface area contributed by atoms with Gasteiger partial charge in [0.25, 0.3) is 5.91 Å². The second-order valence-electron chi connectivity index (χ2n) is 4.04. The second kappa shape index (κ2) is 5.72. The predicted molar refractivity (Wildman–Crippen MR) is 76.6 cm³/mol. The molecule has 1 amide bonds. The molecule has 1 aliphatic rings. The van der Waals surface area contributed by atoms with Crippen molar-refractivity contribution < 1.29 is 4.79 Å². The van der Waals surface area contributed by atoms with Crippen molar-refractivity contribution in [1.29, 1.82) is 0 Å². The lowest BCUT2D eigenvalue weighted by Gasteiger charge is -2.22. The minimum atomic E-state index is 0.0625. The molecular weight excluding hydrogens is 369 g/mol. The van der Waals surface area contributed by atoms with E-state index in [1.165, 1.54) is 0 Å². The molecule has 0 saturated heterocycles. The third-order valence-corrected chi connectivity index (χ3v) is 4.05. The summed E-state index contributed by atoms with van der Waals surface area (Å²) in [4.78, 5) is 14.2. The van der Waals surface area contributed by atoms with Gasteiger partial charge in [-0.2, -0.15) is 0 Å². The number of benzene rings is 1. The Kier molecular flexibility index (Phi) is 4.50. The molecule has 1 fully saturated rings. The van der Waals surface area contributed by atoms with Crippen molar-refractivity contribution in [2.24, 2.45) is 0 Å². The van der Waals surface area contributed by atoms with Crippen LogP contribution in [0.2, 0.25) is 0 Å². The highest BCUT2D eigenvalue weighted by molar-refractivity contribution is 9.11. The Morgan fingerprint density at radius 1 is 1.41 bits per heavy atom. The summed E-state index contributed by atoms with van der Waals surface area (Å²) in [6, 6.07) is 5.99. The standard InChI is InChI=1S/C12H12Br2ClNO/c13-8-1-4-10(11(14)7-8)12(17)16(6-5-15)9-2-3-9/h1,4,7,9H,2-3,5-6H2. The summed E-state index contributed by atoms with van der Waals surface area (Å²) >= 11 is 12.6. The highest BCUT2D eigenvalue weighted by atomic mass is 79.9. The van der Waals surface area contributed by atoms with Crippen molar-refractivity contribution in [3.63, 3.8) is 0 Å². The zero-order valence-corrected chi connectivity index (χ0v) is 13.1. The highest BCUT2D eigenvalue weighted by Gasteiger charge is 2.33. The Bertz CT molecular complexity index is 435. The normalized spacial score (nSPS) is 14.8. The van der Waals surface area contributed by atoms with E-state index >= 15 is 0 Å². The molecule has 0 aromatic heterocycles. The second-order valence-corrected chi connectivity index (χ2v) is 6.19. The van der Waals surface area contributed by atoms with Crippen LogP contribution < -0.4 is 0 Å². The van der Waals surface area contributed by atoms with E-state index in [2.05, 4.69) is 31.9 Å². The number of rotatable bonds is 4. The van der Waals surface area contributed by atoms with Gasteiger partial charge in [0.15, 0.2) is 0 Å². The first-order valence-corrected chi connectivity index (χ1v) is 7.57. The van der Waals surface area contributed by atoms with Gasteiger partial charge in [-0.25, -0.2) is 0 Å². The van der Waals surface area contributed by atoms with E-state index < -0.39 is 0 Å². The van der Waals surface area contributed by atoms with Crippen molar-refractivity contribution in [2.75, 3.05) is 12.4 Å². The lowest BCUT2D eigenvalue weighted by molar-refractivity contribution is 0.0753. The number of alkyl halides is 1. The number of carbonyl (C=O) groups is 1. The van der Waals surface area contributed by atoms with Gasteiger partial charge in [-0.3, -0.25) is 4.79 Å². The van der Waals surface area contributed by atoms with Crippen LogP contribution in [0.25, 0.3) is 0 Å². The molecule has 1 aromatic carbocycles. The quantitative estimate of drug-likeness (QED) is 0.721. The van der Waals surface area contributed by atoms with E-state index in [9.17, 15) is 4.79 Å². The Morgan fingerprint density at radius 3 is 2.65 bits per heavy atom. The number of carbonyl (C=O) groups excluding carboxylic acids is 1. The minimum Gasteiger partial charge on any atom is -0.334 e. The molecule has 0 N–H and O–H groups in total. The van der Waals surface area contributed by atoms with Crippen LogP contribution >= 0.6 is 43.5 Å². The van der Waals surface area contributed by atoms with Crippen molar-refractivity contribution in [2.45, 2.75) is 18.9 Å². The van der Waals surface area contributed by atoms with Gasteiger partial charge in [0, 0.05) is 27.4 Å². The molecule has 92 valence electrons. The average molecular weight is 381 g/mol. The van der Waals surface area contributed by atoms with Crippen LogP contribution in [-0.2, 0) is 0 Å². The maximum atomic E-state index is 12.4. The number of hydrogen-bond acceptors (Lipinski definition) is 1. The van der Waals surface area contributed by atoms with Gasteiger partial charge >= 0.3 is 0 Å². The van der Waals surface area contributed by atoms with E-state index in [0.717, 1.165) is 21.8 Å². The first-order chi connectivity index (χ1) is 8.13. The van der Waals surface area contributed by atoms with E-state index in [4.69, 9.17) is 11.6 Å². The van der Waals surface area contributed by atoms with Gasteiger partial charge in [0.1, 0.15) is 0 Å². The zero-order chi connectivity index (χ0) is 12.4. The first-order valence-electron chi connectivity index (χ1n) is 5.45. The van der Waals surface area contributed by atoms with E-state index in [1.54, 1.807) is 0 Å². The summed E-state index contributed by atoms with van der Waals surface area (Å²) in [5.41, 5.74) is 0.699. The van der Waals surface area contributed by atoms with Crippen LogP contribution in [0.5, 0.6) is 0 Å². The van der Waals surface area contributed by atoms with Crippen LogP contribution in [0.1, 0.15) is 23.2 Å². The number of nitrogens with zero attached hydrogens (tertiary/aromatic N) is 1. The summed E-state index contributed by atoms with van der Waals surface area (Å²) < 4.78 is 1.77. The number of amides is 1. The fraction of sp³-hybridized carbons (Fsp3) is 0.417. The Balaban J connectivity index is 2.22. The third-order valence-electron chi connectivity index (χ3n) is 2.74. The van der Waals surface area contributed by atoms with Crippen LogP contribution in [-0.4, -0.2) is 29.3 Å². The van der Waals surface area contributed by atoms with Crippen molar-refractivity contribution in [3.05, 3.63) is 32.7 Å². The topological polar surface area (TPSA) is 20.3 Å². The summed E-state index contributed by atoms with van der Waals surface area (Å²) in [6.45, 7) is 0.619. The van der Waals surface area contributed by atoms with Crippen molar-refractivity contribution in [3.8, 4) is 0 Å². The van der Waals surface area contributed by atoms with Gasteiger partial charge < -0.3 is 4.90 Å². The molecule has 1 aliphatic carbocycles. The van der Waals surface area contributed by atoms with Crippen LogP contribution in [0.15, 0.2) is 27.1 Å². The maximum absolute atomic E-state index is 12.4. The fourth-order valence-electron chi connectivity index (χ4n) is 1.74. The van der Waals surface area contributed by atoms with Crippen LogP contribution in [0.4, 0.5) is 0 Å². The number of hydrogen-bond donors (Lipinski definition) is 0. The van der Waals surface area contributed by atoms with E-state index in [1.807, 2.05) is 23.1 Å². The lowest BCUT2D eigenvalue weighted by atomic mass is 10.2.